The van der Waals surface area contributed by atoms with Crippen LogP contribution in [0, 0.1) is 0 Å². The van der Waals surface area contributed by atoms with Crippen molar-refractivity contribution in [2.75, 3.05) is 7.05 Å². The Hall–Kier alpha value is -1.74. The van der Waals surface area contributed by atoms with E-state index in [1.54, 1.807) is 0 Å². The summed E-state index contributed by atoms with van der Waals surface area (Å²) in [6, 6.07) is 6.52. The molecule has 1 atom stereocenters. The van der Waals surface area contributed by atoms with Crippen LogP contribution in [0.4, 0.5) is 0 Å². The van der Waals surface area contributed by atoms with Gasteiger partial charge in [-0.3, -0.25) is 9.97 Å². The summed E-state index contributed by atoms with van der Waals surface area (Å²) < 4.78 is 0. The van der Waals surface area contributed by atoms with Crippen LogP contribution in [0.25, 0.3) is 0 Å². The van der Waals surface area contributed by atoms with E-state index < -0.39 is 0 Å². The average Bonchev–Trinajstić information content (AvgIpc) is 2.46. The predicted octanol–water partition coefficient (Wildman–Crippen LogP) is 2.54. The van der Waals surface area contributed by atoms with E-state index in [1.165, 1.54) is 16.7 Å². The van der Waals surface area contributed by atoms with E-state index in [0.29, 0.717) is 6.04 Å². The zero-order valence-corrected chi connectivity index (χ0v) is 10.9. The Labute approximate surface area is 108 Å². The summed E-state index contributed by atoms with van der Waals surface area (Å²) >= 11 is 0. The number of aromatic nitrogens is 2. The van der Waals surface area contributed by atoms with E-state index >= 15 is 0 Å². The van der Waals surface area contributed by atoms with E-state index in [4.69, 9.17) is 0 Å². The molecule has 0 fully saturated rings. The molecule has 0 aliphatic carbocycles. The summed E-state index contributed by atoms with van der Waals surface area (Å²) in [5.41, 5.74) is 3.88. The molecule has 0 bridgehead atoms. The SMILES string of the molecule is CCc1cnccc1C(Cc1cccnc1)NC. The molecule has 94 valence electrons. The molecule has 1 unspecified atom stereocenters. The van der Waals surface area contributed by atoms with Gasteiger partial charge in [0.15, 0.2) is 0 Å². The highest BCUT2D eigenvalue weighted by molar-refractivity contribution is 5.28. The fourth-order valence-corrected chi connectivity index (χ4v) is 2.20. The van der Waals surface area contributed by atoms with Crippen LogP contribution in [-0.4, -0.2) is 17.0 Å². The van der Waals surface area contributed by atoms with Crippen molar-refractivity contribution in [2.45, 2.75) is 25.8 Å². The molecule has 0 aliphatic rings. The number of likely N-dealkylation sites (N-methyl/N-ethyl adjacent to an activating group) is 1. The van der Waals surface area contributed by atoms with Gasteiger partial charge in [-0.15, -0.1) is 0 Å². The smallest absolute Gasteiger partial charge is 0.0362 e. The second-order valence-electron chi connectivity index (χ2n) is 4.33. The van der Waals surface area contributed by atoms with E-state index in [-0.39, 0.29) is 0 Å². The lowest BCUT2D eigenvalue weighted by Gasteiger charge is -2.19. The number of pyridine rings is 2. The predicted molar refractivity (Wildman–Crippen MR) is 73.4 cm³/mol. The molecule has 2 aromatic heterocycles. The molecule has 0 aliphatic heterocycles. The standard InChI is InChI=1S/C15H19N3/c1-3-13-11-18-8-6-14(13)15(16-2)9-12-5-4-7-17-10-12/h4-8,10-11,15-16H,3,9H2,1-2H3. The number of hydrogen-bond donors (Lipinski definition) is 1. The molecule has 1 N–H and O–H groups in total. The number of nitrogens with one attached hydrogen (secondary N) is 1. The van der Waals surface area contributed by atoms with Crippen molar-refractivity contribution >= 4 is 0 Å². The summed E-state index contributed by atoms with van der Waals surface area (Å²) in [6.45, 7) is 2.16. The minimum atomic E-state index is 0.312. The van der Waals surface area contributed by atoms with Crippen LogP contribution >= 0.6 is 0 Å². The topological polar surface area (TPSA) is 37.8 Å². The van der Waals surface area contributed by atoms with Crippen LogP contribution in [0.5, 0.6) is 0 Å². The lowest BCUT2D eigenvalue weighted by atomic mass is 9.96. The minimum absolute atomic E-state index is 0.312. The first-order valence-corrected chi connectivity index (χ1v) is 6.34. The Morgan fingerprint density at radius 3 is 2.67 bits per heavy atom. The maximum Gasteiger partial charge on any atom is 0.0362 e. The number of rotatable bonds is 5. The van der Waals surface area contributed by atoms with Crippen LogP contribution in [0.2, 0.25) is 0 Å². The second-order valence-corrected chi connectivity index (χ2v) is 4.33. The van der Waals surface area contributed by atoms with E-state index in [9.17, 15) is 0 Å². The van der Waals surface area contributed by atoms with Gasteiger partial charge in [-0.25, -0.2) is 0 Å². The molecule has 2 heterocycles. The summed E-state index contributed by atoms with van der Waals surface area (Å²) in [6.07, 6.45) is 9.51. The van der Waals surface area contributed by atoms with Crippen molar-refractivity contribution in [3.05, 3.63) is 59.7 Å². The van der Waals surface area contributed by atoms with Gasteiger partial charge in [0.1, 0.15) is 0 Å². The Morgan fingerprint density at radius 1 is 1.17 bits per heavy atom. The summed E-state index contributed by atoms with van der Waals surface area (Å²) in [7, 11) is 2.00. The molecule has 0 amide bonds. The van der Waals surface area contributed by atoms with Gasteiger partial charge in [-0.1, -0.05) is 13.0 Å². The number of nitrogens with zero attached hydrogens (tertiary/aromatic N) is 2. The molecule has 18 heavy (non-hydrogen) atoms. The molecule has 0 aromatic carbocycles. The molecule has 0 saturated heterocycles. The number of hydrogen-bond acceptors (Lipinski definition) is 3. The molecule has 3 nitrogen and oxygen atoms in total. The third kappa shape index (κ3) is 2.93. The molecule has 2 aromatic rings. The van der Waals surface area contributed by atoms with Crippen molar-refractivity contribution in [1.82, 2.24) is 15.3 Å². The van der Waals surface area contributed by atoms with Gasteiger partial charge in [0, 0.05) is 30.8 Å². The van der Waals surface area contributed by atoms with E-state index in [2.05, 4.69) is 34.3 Å². The molecule has 3 heteroatoms. The molecular weight excluding hydrogens is 222 g/mol. The summed E-state index contributed by atoms with van der Waals surface area (Å²) in [5, 5.41) is 3.39. The van der Waals surface area contributed by atoms with Crippen molar-refractivity contribution in [2.24, 2.45) is 0 Å². The highest BCUT2D eigenvalue weighted by Crippen LogP contribution is 2.21. The molecule has 2 rings (SSSR count). The maximum absolute atomic E-state index is 4.20. The summed E-state index contributed by atoms with van der Waals surface area (Å²) in [4.78, 5) is 8.37. The summed E-state index contributed by atoms with van der Waals surface area (Å²) in [5.74, 6) is 0. The zero-order chi connectivity index (χ0) is 12.8. The van der Waals surface area contributed by atoms with Gasteiger partial charge in [0.25, 0.3) is 0 Å². The van der Waals surface area contributed by atoms with Gasteiger partial charge >= 0.3 is 0 Å². The molecule has 0 radical (unpaired) electrons. The Kier molecular flexibility index (Phi) is 4.42. The third-order valence-electron chi connectivity index (χ3n) is 3.21. The fourth-order valence-electron chi connectivity index (χ4n) is 2.20. The normalized spacial score (nSPS) is 12.3. The van der Waals surface area contributed by atoms with Crippen LogP contribution in [0.15, 0.2) is 43.0 Å². The highest BCUT2D eigenvalue weighted by atomic mass is 14.9. The number of aryl methyl sites for hydroxylation is 1. The first-order chi connectivity index (χ1) is 8.85. The van der Waals surface area contributed by atoms with Gasteiger partial charge in [-0.2, -0.15) is 0 Å². The van der Waals surface area contributed by atoms with Crippen LogP contribution in [0.1, 0.15) is 29.7 Å². The lowest BCUT2D eigenvalue weighted by Crippen LogP contribution is -2.20. The highest BCUT2D eigenvalue weighted by Gasteiger charge is 2.13. The van der Waals surface area contributed by atoms with Crippen LogP contribution < -0.4 is 5.32 Å². The maximum atomic E-state index is 4.20. The first-order valence-electron chi connectivity index (χ1n) is 6.34. The van der Waals surface area contributed by atoms with Crippen molar-refractivity contribution < 1.29 is 0 Å². The van der Waals surface area contributed by atoms with Gasteiger partial charge < -0.3 is 5.32 Å². The Morgan fingerprint density at radius 2 is 2.00 bits per heavy atom. The van der Waals surface area contributed by atoms with Crippen molar-refractivity contribution in [3.63, 3.8) is 0 Å². The second kappa shape index (κ2) is 6.26. The molecule has 0 saturated carbocycles. The Balaban J connectivity index is 2.23. The van der Waals surface area contributed by atoms with Gasteiger partial charge in [0.05, 0.1) is 0 Å². The monoisotopic (exact) mass is 241 g/mol. The third-order valence-corrected chi connectivity index (χ3v) is 3.21. The Bertz CT molecular complexity index is 482. The van der Waals surface area contributed by atoms with Gasteiger partial charge in [0.2, 0.25) is 0 Å². The van der Waals surface area contributed by atoms with E-state index in [1.807, 2.05) is 37.9 Å². The molecular formula is C15H19N3. The largest absolute Gasteiger partial charge is 0.313 e. The minimum Gasteiger partial charge on any atom is -0.313 e. The quantitative estimate of drug-likeness (QED) is 0.874. The van der Waals surface area contributed by atoms with Crippen LogP contribution in [-0.2, 0) is 12.8 Å². The van der Waals surface area contributed by atoms with Gasteiger partial charge in [-0.05, 0) is 48.7 Å². The fraction of sp³-hybridized carbons (Fsp3) is 0.333. The van der Waals surface area contributed by atoms with Crippen molar-refractivity contribution in [1.29, 1.82) is 0 Å². The zero-order valence-electron chi connectivity index (χ0n) is 10.9. The van der Waals surface area contributed by atoms with Crippen LogP contribution in [0.3, 0.4) is 0 Å². The average molecular weight is 241 g/mol. The van der Waals surface area contributed by atoms with Crippen molar-refractivity contribution in [3.8, 4) is 0 Å². The van der Waals surface area contributed by atoms with E-state index in [0.717, 1.165) is 12.8 Å². The lowest BCUT2D eigenvalue weighted by molar-refractivity contribution is 0.585. The first kappa shape index (κ1) is 12.7. The molecule has 0 spiro atoms.